The average molecular weight is 320 g/mol. The predicted molar refractivity (Wildman–Crippen MR) is 75.7 cm³/mol. The third-order valence-corrected chi connectivity index (χ3v) is 3.32. The highest BCUT2D eigenvalue weighted by Crippen LogP contribution is 2.30. The highest BCUT2D eigenvalue weighted by atomic mass is 79.9. The number of halogens is 1. The lowest BCUT2D eigenvalue weighted by molar-refractivity contribution is 0.412. The van der Waals surface area contributed by atoms with E-state index < -0.39 is 0 Å². The molecular weight excluding hydrogens is 310 g/mol. The van der Waals surface area contributed by atoms with Gasteiger partial charge in [0.05, 0.1) is 23.2 Å². The van der Waals surface area contributed by atoms with Gasteiger partial charge in [0.2, 0.25) is 0 Å². The van der Waals surface area contributed by atoms with Crippen molar-refractivity contribution in [3.05, 3.63) is 35.2 Å². The molecule has 3 aromatic rings. The van der Waals surface area contributed by atoms with Crippen LogP contribution in [0.5, 0.6) is 5.75 Å². The van der Waals surface area contributed by atoms with Crippen molar-refractivity contribution in [3.8, 4) is 5.75 Å². The number of methoxy groups -OCH3 is 1. The fourth-order valence-electron chi connectivity index (χ4n) is 1.74. The van der Waals surface area contributed by atoms with Gasteiger partial charge in [0.25, 0.3) is 0 Å². The van der Waals surface area contributed by atoms with Crippen LogP contribution in [-0.4, -0.2) is 27.3 Å². The molecule has 0 radical (unpaired) electrons. The molecule has 0 atom stereocenters. The molecule has 1 aromatic carbocycles. The van der Waals surface area contributed by atoms with Crippen molar-refractivity contribution in [2.24, 2.45) is 0 Å². The molecule has 19 heavy (non-hydrogen) atoms. The van der Waals surface area contributed by atoms with Crippen molar-refractivity contribution in [2.45, 2.75) is 0 Å². The number of ether oxygens (including phenoxy) is 1. The topological polar surface area (TPSA) is 75.7 Å². The highest BCUT2D eigenvalue weighted by molar-refractivity contribution is 9.10. The van der Waals surface area contributed by atoms with Crippen LogP contribution >= 0.6 is 15.9 Å². The summed E-state index contributed by atoms with van der Waals surface area (Å²) in [6, 6.07) is 5.73. The minimum atomic E-state index is 0.696. The largest absolute Gasteiger partial charge is 0.495 e. The molecule has 0 aliphatic carbocycles. The fourth-order valence-corrected chi connectivity index (χ4v) is 2.15. The van der Waals surface area contributed by atoms with E-state index in [4.69, 9.17) is 4.74 Å². The van der Waals surface area contributed by atoms with E-state index >= 15 is 0 Å². The first-order chi connectivity index (χ1) is 9.28. The molecule has 2 N–H and O–H groups in total. The molecule has 3 rings (SSSR count). The third kappa shape index (κ3) is 2.24. The lowest BCUT2D eigenvalue weighted by Crippen LogP contribution is -1.96. The Morgan fingerprint density at radius 2 is 2.21 bits per heavy atom. The summed E-state index contributed by atoms with van der Waals surface area (Å²) < 4.78 is 6.16. The molecule has 0 saturated heterocycles. The monoisotopic (exact) mass is 319 g/mol. The number of fused-ring (bicyclic) bond motifs is 1. The maximum absolute atomic E-state index is 5.26. The molecule has 0 aliphatic rings. The number of H-pyrrole nitrogens is 1. The second-order valence-electron chi connectivity index (χ2n) is 3.83. The number of rotatable bonds is 3. The summed E-state index contributed by atoms with van der Waals surface area (Å²) in [5, 5.41) is 10.8. The zero-order valence-electron chi connectivity index (χ0n) is 10.0. The molecule has 0 spiro atoms. The van der Waals surface area contributed by atoms with Gasteiger partial charge in [-0.25, -0.2) is 9.97 Å². The Balaban J connectivity index is 1.99. The van der Waals surface area contributed by atoms with Crippen LogP contribution in [0, 0.1) is 0 Å². The van der Waals surface area contributed by atoms with Crippen molar-refractivity contribution in [1.29, 1.82) is 0 Å². The van der Waals surface area contributed by atoms with E-state index in [0.717, 1.165) is 21.3 Å². The van der Waals surface area contributed by atoms with Gasteiger partial charge in [0, 0.05) is 11.8 Å². The lowest BCUT2D eigenvalue weighted by atomic mass is 10.3. The predicted octanol–water partition coefficient (Wildman–Crippen LogP) is 2.87. The number of aromatic nitrogens is 4. The maximum atomic E-state index is 5.26. The maximum Gasteiger partial charge on any atom is 0.160 e. The van der Waals surface area contributed by atoms with Gasteiger partial charge in [0.1, 0.15) is 17.9 Å². The molecule has 0 unspecified atom stereocenters. The Hall–Kier alpha value is -2.15. The van der Waals surface area contributed by atoms with Crippen molar-refractivity contribution in [3.63, 3.8) is 0 Å². The van der Waals surface area contributed by atoms with Crippen molar-refractivity contribution in [2.75, 3.05) is 12.4 Å². The molecule has 0 bridgehead atoms. The molecule has 0 fully saturated rings. The van der Waals surface area contributed by atoms with Gasteiger partial charge in [-0.3, -0.25) is 5.10 Å². The van der Waals surface area contributed by atoms with E-state index in [-0.39, 0.29) is 0 Å². The zero-order chi connectivity index (χ0) is 13.2. The van der Waals surface area contributed by atoms with Crippen molar-refractivity contribution >= 4 is 38.5 Å². The second kappa shape index (κ2) is 4.85. The second-order valence-corrected chi connectivity index (χ2v) is 4.68. The summed E-state index contributed by atoms with van der Waals surface area (Å²) in [6.45, 7) is 0. The van der Waals surface area contributed by atoms with E-state index in [2.05, 4.69) is 41.4 Å². The first-order valence-corrected chi connectivity index (χ1v) is 6.32. The lowest BCUT2D eigenvalue weighted by Gasteiger charge is -2.09. The SMILES string of the molecule is COc1cc(Nc2ncnc3[nH]ncc23)ccc1Br. The standard InChI is InChI=1S/C12H10BrN5O/c1-19-10-4-7(2-3-9(10)13)17-11-8-5-16-18-12(8)15-6-14-11/h2-6H,1H3,(H2,14,15,16,17,18). The highest BCUT2D eigenvalue weighted by Gasteiger charge is 2.07. The molecule has 2 heterocycles. The molecular formula is C12H10BrN5O. The molecule has 0 saturated carbocycles. The Labute approximate surface area is 117 Å². The molecule has 6 nitrogen and oxygen atoms in total. The van der Waals surface area contributed by atoms with Crippen LogP contribution in [0.4, 0.5) is 11.5 Å². The fraction of sp³-hybridized carbons (Fsp3) is 0.0833. The Morgan fingerprint density at radius 3 is 3.05 bits per heavy atom. The van der Waals surface area contributed by atoms with E-state index in [1.54, 1.807) is 13.3 Å². The number of anilines is 2. The van der Waals surface area contributed by atoms with E-state index in [1.165, 1.54) is 6.33 Å². The van der Waals surface area contributed by atoms with Gasteiger partial charge in [-0.2, -0.15) is 5.10 Å². The van der Waals surface area contributed by atoms with Crippen LogP contribution in [0.15, 0.2) is 35.2 Å². The Kier molecular flexibility index (Phi) is 3.04. The van der Waals surface area contributed by atoms with E-state index in [1.807, 2.05) is 18.2 Å². The van der Waals surface area contributed by atoms with Gasteiger partial charge in [-0.05, 0) is 28.1 Å². The number of hydrogen-bond donors (Lipinski definition) is 2. The molecule has 0 aliphatic heterocycles. The minimum Gasteiger partial charge on any atom is -0.495 e. The Bertz CT molecular complexity index is 727. The number of nitrogens with one attached hydrogen (secondary N) is 2. The van der Waals surface area contributed by atoms with E-state index in [9.17, 15) is 0 Å². The first kappa shape index (κ1) is 11.9. The molecule has 7 heteroatoms. The summed E-state index contributed by atoms with van der Waals surface area (Å²) in [7, 11) is 1.63. The van der Waals surface area contributed by atoms with Crippen LogP contribution in [0.1, 0.15) is 0 Å². The number of hydrogen-bond acceptors (Lipinski definition) is 5. The summed E-state index contributed by atoms with van der Waals surface area (Å²) in [5.41, 5.74) is 1.57. The van der Waals surface area contributed by atoms with Crippen molar-refractivity contribution in [1.82, 2.24) is 20.2 Å². The van der Waals surface area contributed by atoms with Crippen LogP contribution in [0.25, 0.3) is 11.0 Å². The average Bonchev–Trinajstić information content (AvgIpc) is 2.90. The summed E-state index contributed by atoms with van der Waals surface area (Å²) >= 11 is 3.42. The van der Waals surface area contributed by atoms with Gasteiger partial charge < -0.3 is 10.1 Å². The minimum absolute atomic E-state index is 0.696. The molecule has 2 aromatic heterocycles. The smallest absolute Gasteiger partial charge is 0.160 e. The van der Waals surface area contributed by atoms with E-state index in [0.29, 0.717) is 11.5 Å². The normalized spacial score (nSPS) is 10.6. The number of nitrogens with zero attached hydrogens (tertiary/aromatic N) is 3. The summed E-state index contributed by atoms with van der Waals surface area (Å²) in [5.74, 6) is 1.45. The van der Waals surface area contributed by atoms with Gasteiger partial charge in [-0.15, -0.1) is 0 Å². The molecule has 0 amide bonds. The van der Waals surface area contributed by atoms with Crippen LogP contribution in [-0.2, 0) is 0 Å². The summed E-state index contributed by atoms with van der Waals surface area (Å²) in [6.07, 6.45) is 3.17. The first-order valence-electron chi connectivity index (χ1n) is 5.52. The quantitative estimate of drug-likeness (QED) is 0.776. The van der Waals surface area contributed by atoms with Crippen LogP contribution in [0.2, 0.25) is 0 Å². The van der Waals surface area contributed by atoms with Gasteiger partial charge >= 0.3 is 0 Å². The third-order valence-electron chi connectivity index (χ3n) is 2.66. The molecule has 96 valence electrons. The summed E-state index contributed by atoms with van der Waals surface area (Å²) in [4.78, 5) is 8.31. The number of aromatic amines is 1. The van der Waals surface area contributed by atoms with Gasteiger partial charge in [0.15, 0.2) is 5.65 Å². The van der Waals surface area contributed by atoms with Crippen LogP contribution in [0.3, 0.4) is 0 Å². The van der Waals surface area contributed by atoms with Crippen molar-refractivity contribution < 1.29 is 4.74 Å². The Morgan fingerprint density at radius 1 is 1.32 bits per heavy atom. The van der Waals surface area contributed by atoms with Gasteiger partial charge in [-0.1, -0.05) is 0 Å². The number of benzene rings is 1. The zero-order valence-corrected chi connectivity index (χ0v) is 11.6. The van der Waals surface area contributed by atoms with Crippen LogP contribution < -0.4 is 10.1 Å².